The summed E-state index contributed by atoms with van der Waals surface area (Å²) in [5, 5.41) is 9.36. The normalized spacial score (nSPS) is 13.8. The first kappa shape index (κ1) is 32.1. The summed E-state index contributed by atoms with van der Waals surface area (Å²) in [4.78, 5) is 0. The van der Waals surface area contributed by atoms with Crippen molar-refractivity contribution in [1.29, 1.82) is 0 Å². The molecule has 4 nitrogen and oxygen atoms in total. The molecule has 0 rings (SSSR count). The zero-order valence-corrected chi connectivity index (χ0v) is 22.5. The Hall–Kier alpha value is 0.870. The number of unbranched alkanes of at least 4 members (excludes halogenated alkanes) is 13. The number of rotatable bonds is 21. The zero-order valence-electron chi connectivity index (χ0n) is 19.7. The number of hydrogen-bond acceptors (Lipinski definition) is 4. The van der Waals surface area contributed by atoms with Gasteiger partial charge >= 0.3 is 29.6 Å². The summed E-state index contributed by atoms with van der Waals surface area (Å²) >= 11 is 0. The van der Waals surface area contributed by atoms with Crippen molar-refractivity contribution in [2.24, 2.45) is 0 Å². The maximum Gasteiger partial charge on any atom is 1.00 e. The second kappa shape index (κ2) is 22.1. The SMILES string of the molecule is CCCCCCCCCCCC(O)CCCCCCCCC(CC)S(=O)(=O)[O-].[Na+]. The van der Waals surface area contributed by atoms with Gasteiger partial charge in [0.05, 0.1) is 16.2 Å². The van der Waals surface area contributed by atoms with Crippen molar-refractivity contribution in [2.75, 3.05) is 0 Å². The molecule has 170 valence electrons. The van der Waals surface area contributed by atoms with Crippen LogP contribution >= 0.6 is 0 Å². The molecule has 0 aromatic heterocycles. The molecule has 2 atom stereocenters. The zero-order chi connectivity index (χ0) is 21.1. The van der Waals surface area contributed by atoms with Crippen LogP contribution in [0.4, 0.5) is 0 Å². The van der Waals surface area contributed by atoms with Crippen LogP contribution < -0.4 is 29.6 Å². The van der Waals surface area contributed by atoms with E-state index in [0.29, 0.717) is 12.8 Å². The van der Waals surface area contributed by atoms with E-state index in [1.165, 1.54) is 51.4 Å². The van der Waals surface area contributed by atoms with Crippen molar-refractivity contribution in [3.05, 3.63) is 0 Å². The van der Waals surface area contributed by atoms with Gasteiger partial charge in [-0.3, -0.25) is 0 Å². The van der Waals surface area contributed by atoms with Gasteiger partial charge in [-0.1, -0.05) is 110 Å². The van der Waals surface area contributed by atoms with Crippen molar-refractivity contribution >= 4 is 10.1 Å². The van der Waals surface area contributed by atoms with Crippen LogP contribution in [-0.4, -0.2) is 29.4 Å². The molecule has 0 aliphatic rings. The number of hydrogen-bond donors (Lipinski definition) is 1. The summed E-state index contributed by atoms with van der Waals surface area (Å²) in [6, 6.07) is 0. The first-order valence-electron chi connectivity index (χ1n) is 12.0. The molecule has 0 bridgehead atoms. The summed E-state index contributed by atoms with van der Waals surface area (Å²) < 4.78 is 33.1. The minimum Gasteiger partial charge on any atom is -0.748 e. The molecule has 0 saturated heterocycles. The average Bonchev–Trinajstić information content (AvgIpc) is 2.64. The van der Waals surface area contributed by atoms with Gasteiger partial charge in [0.1, 0.15) is 0 Å². The first-order chi connectivity index (χ1) is 13.4. The van der Waals surface area contributed by atoms with Crippen LogP contribution in [-0.2, 0) is 10.1 Å². The van der Waals surface area contributed by atoms with E-state index in [4.69, 9.17) is 0 Å². The van der Waals surface area contributed by atoms with E-state index in [9.17, 15) is 18.1 Å². The molecule has 0 aromatic rings. The molecule has 2 unspecified atom stereocenters. The van der Waals surface area contributed by atoms with Crippen molar-refractivity contribution in [1.82, 2.24) is 0 Å². The number of aliphatic hydroxyl groups excluding tert-OH is 1. The second-order valence-electron chi connectivity index (χ2n) is 8.49. The Balaban J connectivity index is 0. The van der Waals surface area contributed by atoms with Crippen LogP contribution in [0.2, 0.25) is 0 Å². The minimum absolute atomic E-state index is 0. The van der Waals surface area contributed by atoms with Crippen molar-refractivity contribution < 1.29 is 47.6 Å². The van der Waals surface area contributed by atoms with Crippen molar-refractivity contribution in [3.8, 4) is 0 Å². The third-order valence-electron chi connectivity index (χ3n) is 5.82. The van der Waals surface area contributed by atoms with Crippen molar-refractivity contribution in [2.45, 2.75) is 147 Å². The Morgan fingerprint density at radius 3 is 1.34 bits per heavy atom. The fourth-order valence-corrected chi connectivity index (χ4v) is 4.71. The largest absolute Gasteiger partial charge is 1.00 e. The summed E-state index contributed by atoms with van der Waals surface area (Å²) in [6.45, 7) is 4.02. The second-order valence-corrected chi connectivity index (χ2v) is 10.1. The van der Waals surface area contributed by atoms with Gasteiger partial charge in [-0.05, 0) is 25.7 Å². The Kier molecular flexibility index (Phi) is 24.4. The fourth-order valence-electron chi connectivity index (χ4n) is 3.85. The van der Waals surface area contributed by atoms with E-state index < -0.39 is 15.4 Å². The Morgan fingerprint density at radius 1 is 0.655 bits per heavy atom. The molecule has 1 N–H and O–H groups in total. The number of aliphatic hydroxyl groups is 1. The maximum atomic E-state index is 11.0. The van der Waals surface area contributed by atoms with Crippen LogP contribution in [0, 0.1) is 0 Å². The third kappa shape index (κ3) is 21.9. The molecule has 0 saturated carbocycles. The molecule has 0 aliphatic carbocycles. The van der Waals surface area contributed by atoms with Gasteiger partial charge < -0.3 is 9.66 Å². The van der Waals surface area contributed by atoms with E-state index >= 15 is 0 Å². The van der Waals surface area contributed by atoms with Gasteiger partial charge in [0.15, 0.2) is 0 Å². The average molecular weight is 443 g/mol. The quantitative estimate of drug-likeness (QED) is 0.167. The van der Waals surface area contributed by atoms with E-state index in [1.54, 1.807) is 6.92 Å². The monoisotopic (exact) mass is 442 g/mol. The first-order valence-corrected chi connectivity index (χ1v) is 13.5. The van der Waals surface area contributed by atoms with Gasteiger partial charge in [-0.25, -0.2) is 8.42 Å². The fraction of sp³-hybridized carbons (Fsp3) is 1.00. The van der Waals surface area contributed by atoms with Crippen LogP contribution in [0.15, 0.2) is 0 Å². The summed E-state index contributed by atoms with van der Waals surface area (Å²) in [5.41, 5.74) is 0. The molecule has 0 aromatic carbocycles. The summed E-state index contributed by atoms with van der Waals surface area (Å²) in [6.07, 6.45) is 20.7. The van der Waals surface area contributed by atoms with Gasteiger partial charge in [0.2, 0.25) is 0 Å². The molecule has 0 aliphatic heterocycles. The molecular weight excluding hydrogens is 395 g/mol. The third-order valence-corrected chi connectivity index (χ3v) is 7.20. The van der Waals surface area contributed by atoms with Crippen molar-refractivity contribution in [3.63, 3.8) is 0 Å². The molecule has 0 amide bonds. The predicted molar refractivity (Wildman–Crippen MR) is 119 cm³/mol. The van der Waals surface area contributed by atoms with Gasteiger partial charge in [0, 0.05) is 5.25 Å². The summed E-state index contributed by atoms with van der Waals surface area (Å²) in [5.74, 6) is 0. The molecule has 6 heteroatoms. The molecule has 0 heterocycles. The van der Waals surface area contributed by atoms with E-state index in [1.807, 2.05) is 0 Å². The Labute approximate surface area is 204 Å². The standard InChI is InChI=1S/C23H48O4S.Na/c1-3-5-6-7-8-9-10-13-16-19-22(24)20-17-14-11-12-15-18-21-23(4-2)28(25,26)27;/h22-24H,3-21H2,1-2H3,(H,25,26,27);/q;+1/p-1. The van der Waals surface area contributed by atoms with E-state index in [2.05, 4.69) is 6.92 Å². The van der Waals surface area contributed by atoms with E-state index in [-0.39, 0.29) is 35.7 Å². The minimum atomic E-state index is -4.12. The Morgan fingerprint density at radius 2 is 1.00 bits per heavy atom. The molecular formula is C23H47NaO4S. The molecule has 0 spiro atoms. The van der Waals surface area contributed by atoms with Crippen LogP contribution in [0.5, 0.6) is 0 Å². The topological polar surface area (TPSA) is 77.4 Å². The predicted octanol–water partition coefficient (Wildman–Crippen LogP) is 3.72. The summed E-state index contributed by atoms with van der Waals surface area (Å²) in [7, 11) is -4.12. The van der Waals surface area contributed by atoms with Gasteiger partial charge in [-0.15, -0.1) is 0 Å². The Bertz CT molecular complexity index is 429. The van der Waals surface area contributed by atoms with E-state index in [0.717, 1.165) is 57.8 Å². The smallest absolute Gasteiger partial charge is 0.748 e. The molecule has 0 fully saturated rings. The van der Waals surface area contributed by atoms with Gasteiger partial charge in [-0.2, -0.15) is 0 Å². The van der Waals surface area contributed by atoms with Gasteiger partial charge in [0.25, 0.3) is 0 Å². The maximum absolute atomic E-state index is 11.0. The molecule has 0 radical (unpaired) electrons. The van der Waals surface area contributed by atoms with Crippen LogP contribution in [0.3, 0.4) is 0 Å². The molecule has 29 heavy (non-hydrogen) atoms. The van der Waals surface area contributed by atoms with Crippen LogP contribution in [0.25, 0.3) is 0 Å². The van der Waals surface area contributed by atoms with Crippen LogP contribution in [0.1, 0.15) is 136 Å².